The van der Waals surface area contributed by atoms with Gasteiger partial charge in [-0.15, -0.1) is 0 Å². The molecule has 1 aliphatic heterocycles. The Labute approximate surface area is 168 Å². The average molecular weight is 401 g/mol. The van der Waals surface area contributed by atoms with Gasteiger partial charge < -0.3 is 19.1 Å². The van der Waals surface area contributed by atoms with E-state index in [1.807, 2.05) is 35.0 Å². The minimum atomic E-state index is -0.533. The summed E-state index contributed by atoms with van der Waals surface area (Å²) in [4.78, 5) is 26.3. The molecule has 1 atom stereocenters. The second-order valence-corrected chi connectivity index (χ2v) is 7.13. The number of methoxy groups -OCH3 is 2. The lowest BCUT2D eigenvalue weighted by Gasteiger charge is -2.26. The molecule has 7 heteroatoms. The van der Waals surface area contributed by atoms with Gasteiger partial charge in [0.05, 0.1) is 20.3 Å². The van der Waals surface area contributed by atoms with Crippen LogP contribution < -0.4 is 9.47 Å². The molecule has 2 heterocycles. The number of amides is 1. The first kappa shape index (κ1) is 19.9. The van der Waals surface area contributed by atoms with Crippen molar-refractivity contribution in [2.24, 2.45) is 0 Å². The number of thiophene rings is 1. The predicted molar refractivity (Wildman–Crippen MR) is 108 cm³/mol. The second-order valence-electron chi connectivity index (χ2n) is 6.35. The Morgan fingerprint density at radius 2 is 2.11 bits per heavy atom. The van der Waals surface area contributed by atoms with Gasteiger partial charge in [0, 0.05) is 18.2 Å². The zero-order valence-corrected chi connectivity index (χ0v) is 16.7. The normalized spacial score (nSPS) is 16.4. The van der Waals surface area contributed by atoms with Crippen molar-refractivity contribution >= 4 is 29.3 Å². The Morgan fingerprint density at radius 1 is 1.25 bits per heavy atom. The Morgan fingerprint density at radius 3 is 2.82 bits per heavy atom. The van der Waals surface area contributed by atoms with Crippen molar-refractivity contribution in [1.29, 1.82) is 0 Å². The van der Waals surface area contributed by atoms with E-state index in [0.717, 1.165) is 24.0 Å². The summed E-state index contributed by atoms with van der Waals surface area (Å²) in [6.07, 6.45) is 4.70. The third-order valence-electron chi connectivity index (χ3n) is 4.66. The lowest BCUT2D eigenvalue weighted by Crippen LogP contribution is -2.34. The molecule has 0 aliphatic carbocycles. The van der Waals surface area contributed by atoms with Gasteiger partial charge in [-0.3, -0.25) is 4.79 Å². The van der Waals surface area contributed by atoms with Crippen LogP contribution in [-0.4, -0.2) is 44.1 Å². The van der Waals surface area contributed by atoms with Crippen LogP contribution >= 0.6 is 11.3 Å². The van der Waals surface area contributed by atoms with Crippen LogP contribution in [0.3, 0.4) is 0 Å². The van der Waals surface area contributed by atoms with Crippen LogP contribution in [-0.2, 0) is 14.3 Å². The maximum Gasteiger partial charge on any atom is 0.331 e. The van der Waals surface area contributed by atoms with Crippen LogP contribution in [0, 0.1) is 0 Å². The van der Waals surface area contributed by atoms with Crippen molar-refractivity contribution in [2.45, 2.75) is 18.9 Å². The number of nitrogens with zero attached hydrogens (tertiary/aromatic N) is 1. The molecular formula is C21H23NO5S. The number of carbonyl (C=O) groups is 2. The van der Waals surface area contributed by atoms with Gasteiger partial charge in [0.1, 0.15) is 11.5 Å². The molecule has 6 nitrogen and oxygen atoms in total. The van der Waals surface area contributed by atoms with E-state index in [4.69, 9.17) is 14.2 Å². The number of hydrogen-bond donors (Lipinski definition) is 0. The van der Waals surface area contributed by atoms with E-state index in [9.17, 15) is 9.59 Å². The van der Waals surface area contributed by atoms with Gasteiger partial charge in [-0.2, -0.15) is 11.3 Å². The molecular weight excluding hydrogens is 378 g/mol. The highest BCUT2D eigenvalue weighted by atomic mass is 32.1. The second kappa shape index (κ2) is 9.41. The summed E-state index contributed by atoms with van der Waals surface area (Å²) < 4.78 is 15.9. The zero-order valence-electron chi connectivity index (χ0n) is 15.9. The Bertz CT molecular complexity index is 846. The number of hydrogen-bond acceptors (Lipinski definition) is 6. The Balaban J connectivity index is 1.64. The highest BCUT2D eigenvalue weighted by molar-refractivity contribution is 7.08. The van der Waals surface area contributed by atoms with Crippen LogP contribution in [0.25, 0.3) is 6.08 Å². The lowest BCUT2D eigenvalue weighted by atomic mass is 10.0. The van der Waals surface area contributed by atoms with Crippen LogP contribution in [0.2, 0.25) is 0 Å². The van der Waals surface area contributed by atoms with Gasteiger partial charge in [-0.25, -0.2) is 4.79 Å². The van der Waals surface area contributed by atoms with Crippen molar-refractivity contribution in [1.82, 2.24) is 4.90 Å². The Hall–Kier alpha value is -2.80. The summed E-state index contributed by atoms with van der Waals surface area (Å²) in [7, 11) is 3.21. The highest BCUT2D eigenvalue weighted by Gasteiger charge is 2.32. The van der Waals surface area contributed by atoms with Crippen molar-refractivity contribution < 1.29 is 23.8 Å². The van der Waals surface area contributed by atoms with E-state index in [1.165, 1.54) is 6.08 Å². The molecule has 1 amide bonds. The molecule has 0 bridgehead atoms. The molecule has 0 N–H and O–H groups in total. The van der Waals surface area contributed by atoms with Crippen LogP contribution in [0.4, 0.5) is 0 Å². The summed E-state index contributed by atoms with van der Waals surface area (Å²) in [6, 6.07) is 7.33. The van der Waals surface area contributed by atoms with Crippen molar-refractivity contribution in [3.63, 3.8) is 0 Å². The molecule has 1 saturated heterocycles. The number of esters is 1. The molecule has 2 aromatic rings. The summed E-state index contributed by atoms with van der Waals surface area (Å²) in [5.41, 5.74) is 1.83. The maximum absolute atomic E-state index is 12.7. The van der Waals surface area contributed by atoms with E-state index >= 15 is 0 Å². The molecule has 1 aliphatic rings. The third kappa shape index (κ3) is 4.72. The van der Waals surface area contributed by atoms with E-state index < -0.39 is 5.97 Å². The highest BCUT2D eigenvalue weighted by Crippen LogP contribution is 2.38. The predicted octanol–water partition coefficient (Wildman–Crippen LogP) is 3.69. The topological polar surface area (TPSA) is 65.1 Å². The first-order valence-corrected chi connectivity index (χ1v) is 9.95. The van der Waals surface area contributed by atoms with Gasteiger partial charge in [0.2, 0.25) is 0 Å². The molecule has 148 valence electrons. The smallest absolute Gasteiger partial charge is 0.331 e. The van der Waals surface area contributed by atoms with Gasteiger partial charge >= 0.3 is 5.97 Å². The Kier molecular flexibility index (Phi) is 6.71. The monoisotopic (exact) mass is 401 g/mol. The summed E-state index contributed by atoms with van der Waals surface area (Å²) in [5.74, 6) is 0.667. The number of rotatable bonds is 7. The molecule has 1 aromatic heterocycles. The van der Waals surface area contributed by atoms with E-state index in [-0.39, 0.29) is 18.6 Å². The van der Waals surface area contributed by atoms with Crippen molar-refractivity contribution in [2.75, 3.05) is 27.4 Å². The number of likely N-dealkylation sites (tertiary alicyclic amines) is 1. The van der Waals surface area contributed by atoms with E-state index in [2.05, 4.69) is 0 Å². The SMILES string of the molecule is COc1ccc(OC)c([C@@H]2CCCN2C(=O)COC(=O)/C=C/c2ccsc2)c1. The first-order valence-electron chi connectivity index (χ1n) is 9.01. The summed E-state index contributed by atoms with van der Waals surface area (Å²) >= 11 is 1.55. The minimum Gasteiger partial charge on any atom is -0.497 e. The van der Waals surface area contributed by atoms with Crippen LogP contribution in [0.15, 0.2) is 41.1 Å². The van der Waals surface area contributed by atoms with E-state index in [0.29, 0.717) is 18.0 Å². The molecule has 1 aromatic carbocycles. The quantitative estimate of drug-likeness (QED) is 0.523. The number of ether oxygens (including phenoxy) is 3. The van der Waals surface area contributed by atoms with Gasteiger partial charge in [-0.1, -0.05) is 0 Å². The largest absolute Gasteiger partial charge is 0.497 e. The number of carbonyl (C=O) groups excluding carboxylic acids is 2. The number of benzene rings is 1. The first-order chi connectivity index (χ1) is 13.6. The lowest BCUT2D eigenvalue weighted by molar-refractivity contribution is -0.148. The molecule has 0 radical (unpaired) electrons. The molecule has 3 rings (SSSR count). The fourth-order valence-corrected chi connectivity index (χ4v) is 3.91. The minimum absolute atomic E-state index is 0.127. The molecule has 0 spiro atoms. The summed E-state index contributed by atoms with van der Waals surface area (Å²) in [5, 5.41) is 3.85. The van der Waals surface area contributed by atoms with E-state index in [1.54, 1.807) is 36.5 Å². The van der Waals surface area contributed by atoms with Crippen molar-refractivity contribution in [3.8, 4) is 11.5 Å². The van der Waals surface area contributed by atoms with Gasteiger partial charge in [-0.05, 0) is 59.5 Å². The maximum atomic E-state index is 12.7. The fraction of sp³-hybridized carbons (Fsp3) is 0.333. The average Bonchev–Trinajstić information content (AvgIpc) is 3.41. The summed E-state index contributed by atoms with van der Waals surface area (Å²) in [6.45, 7) is 0.335. The standard InChI is InChI=1S/C21H23NO5S/c1-25-16-6-7-19(26-2)17(12-16)18-4-3-10-22(18)20(23)13-27-21(24)8-5-15-9-11-28-14-15/h5-9,11-12,14,18H,3-4,10,13H2,1-2H3/b8-5+/t18-/m0/s1. The zero-order chi connectivity index (χ0) is 19.9. The van der Waals surface area contributed by atoms with Gasteiger partial charge in [0.15, 0.2) is 6.61 Å². The fourth-order valence-electron chi connectivity index (χ4n) is 3.29. The van der Waals surface area contributed by atoms with Crippen LogP contribution in [0.5, 0.6) is 11.5 Å². The van der Waals surface area contributed by atoms with Gasteiger partial charge in [0.25, 0.3) is 5.91 Å². The molecule has 1 fully saturated rings. The third-order valence-corrected chi connectivity index (χ3v) is 5.36. The van der Waals surface area contributed by atoms with Crippen LogP contribution in [0.1, 0.15) is 30.0 Å². The van der Waals surface area contributed by atoms with Crippen molar-refractivity contribution in [3.05, 3.63) is 52.2 Å². The molecule has 28 heavy (non-hydrogen) atoms. The molecule has 0 saturated carbocycles. The molecule has 0 unspecified atom stereocenters.